The molecule has 0 saturated carbocycles. The minimum atomic E-state index is -3.70. The van der Waals surface area contributed by atoms with Crippen LogP contribution in [0.2, 0.25) is 5.02 Å². The normalized spacial score (nSPS) is 13.2. The SMILES string of the molecule is Cc1c(Cl)cccc1S(=O)(=O)NC[C@H](OCCO)c1cccs1. The highest BCUT2D eigenvalue weighted by molar-refractivity contribution is 7.89. The molecule has 2 N–H and O–H groups in total. The number of halogens is 1. The van der Waals surface area contributed by atoms with Crippen molar-refractivity contribution in [3.8, 4) is 0 Å². The number of aliphatic hydroxyl groups excluding tert-OH is 1. The molecule has 5 nitrogen and oxygen atoms in total. The first-order valence-corrected chi connectivity index (χ1v) is 9.70. The maximum Gasteiger partial charge on any atom is 0.240 e. The molecule has 0 aliphatic rings. The first kappa shape index (κ1) is 18.4. The zero-order valence-electron chi connectivity index (χ0n) is 12.5. The lowest BCUT2D eigenvalue weighted by molar-refractivity contribution is 0.0328. The third-order valence-electron chi connectivity index (χ3n) is 3.24. The van der Waals surface area contributed by atoms with Crippen molar-refractivity contribution in [3.63, 3.8) is 0 Å². The van der Waals surface area contributed by atoms with Crippen molar-refractivity contribution in [2.45, 2.75) is 17.9 Å². The Kier molecular flexibility index (Phi) is 6.58. The second-order valence-corrected chi connectivity index (χ2v) is 7.94. The average Bonchev–Trinajstić information content (AvgIpc) is 3.04. The van der Waals surface area contributed by atoms with Crippen LogP contribution in [0.5, 0.6) is 0 Å². The van der Waals surface area contributed by atoms with Gasteiger partial charge >= 0.3 is 0 Å². The van der Waals surface area contributed by atoms with Gasteiger partial charge in [-0.05, 0) is 36.1 Å². The van der Waals surface area contributed by atoms with E-state index >= 15 is 0 Å². The van der Waals surface area contributed by atoms with Gasteiger partial charge in [-0.25, -0.2) is 13.1 Å². The second-order valence-electron chi connectivity index (χ2n) is 4.81. The van der Waals surface area contributed by atoms with Gasteiger partial charge in [0.25, 0.3) is 0 Å². The zero-order valence-corrected chi connectivity index (χ0v) is 14.9. The van der Waals surface area contributed by atoms with Crippen molar-refractivity contribution in [2.75, 3.05) is 19.8 Å². The van der Waals surface area contributed by atoms with E-state index in [1.54, 1.807) is 19.1 Å². The standard InChI is InChI=1S/C15H18ClNO4S2/c1-11-12(16)4-2-6-15(11)23(19,20)17-10-13(21-8-7-18)14-5-3-9-22-14/h2-6,9,13,17-18H,7-8,10H2,1H3/t13-/m0/s1. The molecule has 126 valence electrons. The monoisotopic (exact) mass is 375 g/mol. The van der Waals surface area contributed by atoms with Gasteiger partial charge in [0.15, 0.2) is 0 Å². The molecule has 0 spiro atoms. The van der Waals surface area contributed by atoms with Gasteiger partial charge < -0.3 is 9.84 Å². The first-order valence-electron chi connectivity index (χ1n) is 6.96. The lowest BCUT2D eigenvalue weighted by Crippen LogP contribution is -2.30. The van der Waals surface area contributed by atoms with E-state index in [1.165, 1.54) is 17.4 Å². The lowest BCUT2D eigenvalue weighted by atomic mass is 10.2. The smallest absolute Gasteiger partial charge is 0.240 e. The van der Waals surface area contributed by atoms with Crippen LogP contribution in [0.25, 0.3) is 0 Å². The summed E-state index contributed by atoms with van der Waals surface area (Å²) in [6.45, 7) is 1.76. The molecule has 0 aliphatic carbocycles. The summed E-state index contributed by atoms with van der Waals surface area (Å²) < 4.78 is 33.0. The van der Waals surface area contributed by atoms with Crippen molar-refractivity contribution >= 4 is 33.0 Å². The molecule has 0 unspecified atom stereocenters. The van der Waals surface area contributed by atoms with Gasteiger partial charge in [0.2, 0.25) is 10.0 Å². The van der Waals surface area contributed by atoms with Crippen molar-refractivity contribution in [1.29, 1.82) is 0 Å². The zero-order chi connectivity index (χ0) is 16.9. The van der Waals surface area contributed by atoms with Crippen molar-refractivity contribution in [1.82, 2.24) is 4.72 Å². The van der Waals surface area contributed by atoms with Gasteiger partial charge in [-0.2, -0.15) is 0 Å². The predicted octanol–water partition coefficient (Wildman–Crippen LogP) is 2.74. The van der Waals surface area contributed by atoms with Gasteiger partial charge in [-0.15, -0.1) is 11.3 Å². The summed E-state index contributed by atoms with van der Waals surface area (Å²) in [5.41, 5.74) is 0.505. The molecule has 1 atom stereocenters. The van der Waals surface area contributed by atoms with E-state index in [4.69, 9.17) is 21.4 Å². The van der Waals surface area contributed by atoms with E-state index in [9.17, 15) is 8.42 Å². The van der Waals surface area contributed by atoms with E-state index < -0.39 is 16.1 Å². The van der Waals surface area contributed by atoms with E-state index in [0.29, 0.717) is 10.6 Å². The van der Waals surface area contributed by atoms with Crippen LogP contribution in [0.1, 0.15) is 16.5 Å². The fourth-order valence-corrected chi connectivity index (χ4v) is 4.36. The maximum atomic E-state index is 12.5. The Morgan fingerprint density at radius 2 is 2.13 bits per heavy atom. The molecule has 0 aliphatic heterocycles. The third kappa shape index (κ3) is 4.76. The number of thiophene rings is 1. The Morgan fingerprint density at radius 1 is 1.35 bits per heavy atom. The van der Waals surface area contributed by atoms with E-state index in [-0.39, 0.29) is 24.7 Å². The highest BCUT2D eigenvalue weighted by atomic mass is 35.5. The maximum absolute atomic E-state index is 12.5. The van der Waals surface area contributed by atoms with E-state index in [0.717, 1.165) is 4.88 Å². The van der Waals surface area contributed by atoms with Crippen LogP contribution in [0.3, 0.4) is 0 Å². The number of aliphatic hydroxyl groups is 1. The van der Waals surface area contributed by atoms with Gasteiger partial charge in [-0.3, -0.25) is 0 Å². The third-order valence-corrected chi connectivity index (χ3v) is 6.18. The summed E-state index contributed by atoms with van der Waals surface area (Å²) >= 11 is 7.46. The van der Waals surface area contributed by atoms with Crippen LogP contribution in [0, 0.1) is 6.92 Å². The van der Waals surface area contributed by atoms with Crippen LogP contribution in [0.4, 0.5) is 0 Å². The van der Waals surface area contributed by atoms with Crippen LogP contribution < -0.4 is 4.72 Å². The molecule has 1 aromatic carbocycles. The highest BCUT2D eigenvalue weighted by Gasteiger charge is 2.21. The number of benzene rings is 1. The minimum Gasteiger partial charge on any atom is -0.394 e. The van der Waals surface area contributed by atoms with Crippen molar-refractivity contribution < 1.29 is 18.3 Å². The Balaban J connectivity index is 2.14. The molecule has 8 heteroatoms. The van der Waals surface area contributed by atoms with E-state index in [2.05, 4.69) is 4.72 Å². The lowest BCUT2D eigenvalue weighted by Gasteiger charge is -2.17. The van der Waals surface area contributed by atoms with Crippen molar-refractivity contribution in [2.24, 2.45) is 0 Å². The number of ether oxygens (including phenoxy) is 1. The van der Waals surface area contributed by atoms with Crippen LogP contribution >= 0.6 is 22.9 Å². The summed E-state index contributed by atoms with van der Waals surface area (Å²) in [5.74, 6) is 0. The van der Waals surface area contributed by atoms with Gasteiger partial charge in [0.05, 0.1) is 18.1 Å². The number of rotatable bonds is 8. The molecule has 0 radical (unpaired) electrons. The minimum absolute atomic E-state index is 0.0782. The summed E-state index contributed by atoms with van der Waals surface area (Å²) in [7, 11) is -3.70. The molecule has 0 amide bonds. The number of hydrogen-bond donors (Lipinski definition) is 2. The number of sulfonamides is 1. The number of nitrogens with one attached hydrogen (secondary N) is 1. The molecule has 1 heterocycles. The fraction of sp³-hybridized carbons (Fsp3) is 0.333. The molecule has 0 fully saturated rings. The molecule has 2 rings (SSSR count). The second kappa shape index (κ2) is 8.23. The van der Waals surface area contributed by atoms with Crippen LogP contribution in [-0.4, -0.2) is 33.3 Å². The van der Waals surface area contributed by atoms with Crippen molar-refractivity contribution in [3.05, 3.63) is 51.2 Å². The summed E-state index contributed by atoms with van der Waals surface area (Å²) in [6, 6.07) is 8.49. The predicted molar refractivity (Wildman–Crippen MR) is 91.5 cm³/mol. The van der Waals surface area contributed by atoms with E-state index in [1.807, 2.05) is 17.5 Å². The molecule has 23 heavy (non-hydrogen) atoms. The Bertz CT molecular complexity index is 732. The van der Waals surface area contributed by atoms with Gasteiger partial charge in [-0.1, -0.05) is 23.7 Å². The topological polar surface area (TPSA) is 75.6 Å². The first-order chi connectivity index (χ1) is 11.0. The Hall–Kier alpha value is -0.960. The molecular weight excluding hydrogens is 358 g/mol. The van der Waals surface area contributed by atoms with Crippen LogP contribution in [-0.2, 0) is 14.8 Å². The summed E-state index contributed by atoms with van der Waals surface area (Å²) in [4.78, 5) is 1.04. The fourth-order valence-electron chi connectivity index (χ4n) is 2.05. The number of hydrogen-bond acceptors (Lipinski definition) is 5. The molecular formula is C15H18ClNO4S2. The molecule has 0 bridgehead atoms. The molecule has 1 aromatic heterocycles. The van der Waals surface area contributed by atoms with Gasteiger partial charge in [0.1, 0.15) is 6.10 Å². The average molecular weight is 376 g/mol. The summed E-state index contributed by atoms with van der Waals surface area (Å²) in [5, 5.41) is 11.2. The highest BCUT2D eigenvalue weighted by Crippen LogP contribution is 2.25. The van der Waals surface area contributed by atoms with Crippen LogP contribution in [0.15, 0.2) is 40.6 Å². The Labute approximate surface area is 144 Å². The quantitative estimate of drug-likeness (QED) is 0.743. The Morgan fingerprint density at radius 3 is 2.78 bits per heavy atom. The van der Waals surface area contributed by atoms with Gasteiger partial charge in [0, 0.05) is 16.4 Å². The summed E-state index contributed by atoms with van der Waals surface area (Å²) in [6.07, 6.45) is -0.448. The molecule has 2 aromatic rings. The molecule has 0 saturated heterocycles. The largest absolute Gasteiger partial charge is 0.394 e.